The highest BCUT2D eigenvalue weighted by atomic mass is 16.4. The van der Waals surface area contributed by atoms with E-state index >= 15 is 0 Å². The van der Waals surface area contributed by atoms with E-state index in [0.29, 0.717) is 22.7 Å². The highest BCUT2D eigenvalue weighted by molar-refractivity contribution is 5.97. The van der Waals surface area contributed by atoms with Gasteiger partial charge in [-0.05, 0) is 141 Å². The van der Waals surface area contributed by atoms with E-state index < -0.39 is 23.9 Å². The first kappa shape index (κ1) is 61.7. The van der Waals surface area contributed by atoms with Crippen LogP contribution in [0, 0.1) is 0 Å². The summed E-state index contributed by atoms with van der Waals surface area (Å²) in [5.41, 5.74) is 12.1. The van der Waals surface area contributed by atoms with Crippen LogP contribution in [0.2, 0.25) is 0 Å². The number of hydrogen-bond donors (Lipinski definition) is 8. The first-order valence-electron chi connectivity index (χ1n) is 26.3. The van der Waals surface area contributed by atoms with Crippen molar-refractivity contribution in [2.24, 2.45) is 0 Å². The van der Waals surface area contributed by atoms with Crippen LogP contribution in [0.25, 0.3) is 0 Å². The SMILES string of the molecule is CC(C)(C)c1cccc(Nc2ccccc2C(=O)O)c1.CC(C)(C)c1cccc(Nc2ccccc2C(=O)O)c1.CC(C)(C)c1cccc(Nc2ccccc2C(=O)O)c1.CC(C)(C)c1cccc(Nc2ccccc2C(=O)O)c1. The highest BCUT2D eigenvalue weighted by Gasteiger charge is 2.19. The molecule has 8 aromatic rings. The Morgan fingerprint density at radius 3 is 0.600 bits per heavy atom. The minimum atomic E-state index is -0.930. The van der Waals surface area contributed by atoms with E-state index in [4.69, 9.17) is 0 Å². The molecule has 12 heteroatoms. The lowest BCUT2D eigenvalue weighted by Gasteiger charge is -2.20. The molecule has 0 spiro atoms. The van der Waals surface area contributed by atoms with Crippen LogP contribution in [0.15, 0.2) is 194 Å². The predicted octanol–water partition coefficient (Wildman–Crippen LogP) is 17.7. The van der Waals surface area contributed by atoms with Crippen LogP contribution >= 0.6 is 0 Å². The van der Waals surface area contributed by atoms with Crippen molar-refractivity contribution in [1.82, 2.24) is 0 Å². The third kappa shape index (κ3) is 18.5. The summed E-state index contributed by atoms with van der Waals surface area (Å²) in [6, 6.07) is 59.8. The quantitative estimate of drug-likeness (QED) is 0.0577. The summed E-state index contributed by atoms with van der Waals surface area (Å²) in [5, 5.41) is 49.5. The predicted molar refractivity (Wildman–Crippen MR) is 327 cm³/mol. The topological polar surface area (TPSA) is 197 Å². The molecule has 0 aromatic heterocycles. The van der Waals surface area contributed by atoms with E-state index in [2.05, 4.69) is 153 Å². The molecular weight excluding hydrogens is 1000 g/mol. The monoisotopic (exact) mass is 1080 g/mol. The van der Waals surface area contributed by atoms with Crippen LogP contribution in [0.1, 0.15) is 147 Å². The molecule has 8 rings (SSSR count). The second-order valence-corrected chi connectivity index (χ2v) is 23.2. The molecule has 0 amide bonds. The Morgan fingerprint density at radius 1 is 0.263 bits per heavy atom. The molecule has 8 aromatic carbocycles. The van der Waals surface area contributed by atoms with Gasteiger partial charge in [0, 0.05) is 22.7 Å². The summed E-state index contributed by atoms with van der Waals surface area (Å²) >= 11 is 0. The highest BCUT2D eigenvalue weighted by Crippen LogP contribution is 2.32. The van der Waals surface area contributed by atoms with Crippen molar-refractivity contribution in [3.63, 3.8) is 0 Å². The van der Waals surface area contributed by atoms with Crippen LogP contribution in [0.4, 0.5) is 45.5 Å². The summed E-state index contributed by atoms with van der Waals surface area (Å²) in [6.07, 6.45) is 0. The van der Waals surface area contributed by atoms with Crippen molar-refractivity contribution >= 4 is 69.4 Å². The van der Waals surface area contributed by atoms with Crippen molar-refractivity contribution in [3.05, 3.63) is 239 Å². The van der Waals surface area contributed by atoms with Crippen molar-refractivity contribution in [1.29, 1.82) is 0 Å². The van der Waals surface area contributed by atoms with Crippen LogP contribution in [0.5, 0.6) is 0 Å². The van der Waals surface area contributed by atoms with Crippen LogP contribution in [0.3, 0.4) is 0 Å². The number of benzene rings is 8. The second-order valence-electron chi connectivity index (χ2n) is 23.2. The first-order valence-corrected chi connectivity index (χ1v) is 26.3. The summed E-state index contributed by atoms with van der Waals surface area (Å²) in [4.78, 5) is 44.8. The molecule has 12 nitrogen and oxygen atoms in total. The lowest BCUT2D eigenvalue weighted by Crippen LogP contribution is -2.11. The molecule has 0 fully saturated rings. The van der Waals surface area contributed by atoms with Gasteiger partial charge in [0.2, 0.25) is 0 Å². The van der Waals surface area contributed by atoms with Crippen molar-refractivity contribution in [3.8, 4) is 0 Å². The second kappa shape index (κ2) is 26.9. The van der Waals surface area contributed by atoms with Gasteiger partial charge in [0.1, 0.15) is 0 Å². The minimum Gasteiger partial charge on any atom is -0.478 e. The van der Waals surface area contributed by atoms with Gasteiger partial charge in [-0.2, -0.15) is 0 Å². The fourth-order valence-corrected chi connectivity index (χ4v) is 7.99. The molecule has 0 saturated carbocycles. The largest absolute Gasteiger partial charge is 0.478 e. The number of aromatic carboxylic acids is 4. The summed E-state index contributed by atoms with van der Waals surface area (Å²) in [5.74, 6) is -3.72. The molecule has 0 heterocycles. The normalized spacial score (nSPS) is 11.2. The summed E-state index contributed by atoms with van der Waals surface area (Å²) in [6.45, 7) is 25.8. The zero-order valence-electron chi connectivity index (χ0n) is 47.9. The maximum Gasteiger partial charge on any atom is 0.337 e. The van der Waals surface area contributed by atoms with E-state index in [9.17, 15) is 39.6 Å². The number of carbonyl (C=O) groups is 4. The lowest BCUT2D eigenvalue weighted by molar-refractivity contribution is 0.0687. The molecule has 416 valence electrons. The van der Waals surface area contributed by atoms with Gasteiger partial charge in [-0.15, -0.1) is 0 Å². The zero-order chi connectivity index (χ0) is 59.0. The maximum atomic E-state index is 11.2. The van der Waals surface area contributed by atoms with Gasteiger partial charge in [-0.25, -0.2) is 19.2 Å². The van der Waals surface area contributed by atoms with Crippen LogP contribution < -0.4 is 21.3 Å². The Bertz CT molecular complexity index is 2960. The molecule has 0 bridgehead atoms. The number of para-hydroxylation sites is 4. The van der Waals surface area contributed by atoms with Crippen LogP contribution in [-0.2, 0) is 21.7 Å². The minimum absolute atomic E-state index is 0.0595. The van der Waals surface area contributed by atoms with E-state index in [-0.39, 0.29) is 43.9 Å². The molecular formula is C68H76N4O8. The van der Waals surface area contributed by atoms with Gasteiger partial charge in [-0.3, -0.25) is 0 Å². The van der Waals surface area contributed by atoms with E-state index in [1.54, 1.807) is 72.8 Å². The summed E-state index contributed by atoms with van der Waals surface area (Å²) in [7, 11) is 0. The fourth-order valence-electron chi connectivity index (χ4n) is 7.99. The standard InChI is InChI=1S/4C17H19NO2/c4*1-17(2,3)12-7-6-8-13(11-12)18-15-10-5-4-9-14(15)16(19)20/h4*4-11,18H,1-3H3,(H,19,20). The third-order valence-electron chi connectivity index (χ3n) is 12.7. The van der Waals surface area contributed by atoms with Gasteiger partial charge in [0.25, 0.3) is 0 Å². The Balaban J connectivity index is 0.000000196. The average molecular weight is 1080 g/mol. The molecule has 8 N–H and O–H groups in total. The number of carboxylic acid groups (broad SMARTS) is 4. The average Bonchev–Trinajstić information content (AvgIpc) is 3.39. The number of carboxylic acids is 4. The first-order chi connectivity index (χ1) is 37.5. The Hall–Kier alpha value is -9.16. The number of hydrogen-bond acceptors (Lipinski definition) is 8. The van der Waals surface area contributed by atoms with Gasteiger partial charge >= 0.3 is 23.9 Å². The molecule has 80 heavy (non-hydrogen) atoms. The molecule has 0 unspecified atom stereocenters. The Kier molecular flexibility index (Phi) is 20.8. The van der Waals surface area contributed by atoms with Gasteiger partial charge in [0.15, 0.2) is 0 Å². The molecule has 0 radical (unpaired) electrons. The number of anilines is 8. The van der Waals surface area contributed by atoms with Crippen molar-refractivity contribution < 1.29 is 39.6 Å². The molecule has 0 saturated heterocycles. The number of nitrogens with one attached hydrogen (secondary N) is 4. The Morgan fingerprint density at radius 2 is 0.438 bits per heavy atom. The number of rotatable bonds is 12. The molecule has 0 aliphatic rings. The summed E-state index contributed by atoms with van der Waals surface area (Å²) < 4.78 is 0. The van der Waals surface area contributed by atoms with Crippen molar-refractivity contribution in [2.45, 2.75) is 105 Å². The van der Waals surface area contributed by atoms with Gasteiger partial charge in [0.05, 0.1) is 45.0 Å². The van der Waals surface area contributed by atoms with Crippen molar-refractivity contribution in [2.75, 3.05) is 21.3 Å². The van der Waals surface area contributed by atoms with E-state index in [1.165, 1.54) is 22.3 Å². The van der Waals surface area contributed by atoms with E-state index in [0.717, 1.165) is 22.7 Å². The van der Waals surface area contributed by atoms with E-state index in [1.807, 2.05) is 72.8 Å². The molecule has 0 aliphatic heterocycles. The van der Waals surface area contributed by atoms with Gasteiger partial charge in [-0.1, -0.05) is 180 Å². The zero-order valence-corrected chi connectivity index (χ0v) is 47.9. The fraction of sp³-hybridized carbons (Fsp3) is 0.235. The maximum absolute atomic E-state index is 11.2. The Labute approximate surface area is 471 Å². The van der Waals surface area contributed by atoms with Crippen LogP contribution in [-0.4, -0.2) is 44.3 Å². The van der Waals surface area contributed by atoms with Gasteiger partial charge < -0.3 is 41.7 Å². The smallest absolute Gasteiger partial charge is 0.337 e. The lowest BCUT2D eigenvalue weighted by atomic mass is 9.87. The molecule has 0 aliphatic carbocycles. The third-order valence-corrected chi connectivity index (χ3v) is 12.7. The molecule has 0 atom stereocenters.